The maximum Gasteiger partial charge on any atom is 0.251 e. The number of phenols is 1. The summed E-state index contributed by atoms with van der Waals surface area (Å²) in [5.74, 6) is -0.540. The van der Waals surface area contributed by atoms with Crippen LogP contribution in [0, 0.1) is 0 Å². The lowest BCUT2D eigenvalue weighted by molar-refractivity contribution is -0.120. The van der Waals surface area contributed by atoms with Crippen molar-refractivity contribution in [1.82, 2.24) is 10.7 Å². The smallest absolute Gasteiger partial charge is 0.251 e. The van der Waals surface area contributed by atoms with Gasteiger partial charge in [-0.2, -0.15) is 5.10 Å². The van der Waals surface area contributed by atoms with Gasteiger partial charge in [-0.25, -0.2) is 5.43 Å². The number of rotatable bonds is 6. The third-order valence-electron chi connectivity index (χ3n) is 3.12. The zero-order valence-corrected chi connectivity index (χ0v) is 14.5. The van der Waals surface area contributed by atoms with E-state index in [1.165, 1.54) is 30.5 Å². The summed E-state index contributed by atoms with van der Waals surface area (Å²) in [6.45, 7) is 0.152. The average Bonchev–Trinajstić information content (AvgIpc) is 2.59. The zero-order chi connectivity index (χ0) is 18.2. The second kappa shape index (κ2) is 9.05. The van der Waals surface area contributed by atoms with E-state index in [1.807, 2.05) is 0 Å². The first-order chi connectivity index (χ1) is 12.0. The Balaban J connectivity index is 1.73. The Hall–Kier alpha value is -2.57. The number of hydrogen-bond donors (Lipinski definition) is 3. The summed E-state index contributed by atoms with van der Waals surface area (Å²) < 4.78 is 0. The highest BCUT2D eigenvalue weighted by molar-refractivity contribution is 6.42. The van der Waals surface area contributed by atoms with Gasteiger partial charge >= 0.3 is 0 Å². The molecule has 0 aliphatic carbocycles. The maximum atomic E-state index is 11.9. The van der Waals surface area contributed by atoms with Gasteiger partial charge in [-0.1, -0.05) is 23.2 Å². The number of hydrazone groups is 1. The fourth-order valence-corrected chi connectivity index (χ4v) is 2.12. The van der Waals surface area contributed by atoms with Crippen molar-refractivity contribution < 1.29 is 14.7 Å². The summed E-state index contributed by atoms with van der Waals surface area (Å²) >= 11 is 11.6. The Morgan fingerprint density at radius 1 is 1.08 bits per heavy atom. The SMILES string of the molecule is O=C(CCNC(=O)c1ccc(Cl)c(Cl)c1)N/N=C/c1ccc(O)cc1. The number of aromatic hydroxyl groups is 1. The highest BCUT2D eigenvalue weighted by atomic mass is 35.5. The number of phenolic OH excluding ortho intramolecular Hbond substituents is 1. The minimum atomic E-state index is -0.348. The number of amides is 2. The van der Waals surface area contributed by atoms with Gasteiger partial charge in [-0.05, 0) is 48.0 Å². The van der Waals surface area contributed by atoms with Crippen molar-refractivity contribution in [2.45, 2.75) is 6.42 Å². The van der Waals surface area contributed by atoms with Crippen LogP contribution in [0.1, 0.15) is 22.3 Å². The van der Waals surface area contributed by atoms with E-state index in [0.29, 0.717) is 10.6 Å². The van der Waals surface area contributed by atoms with Crippen molar-refractivity contribution in [2.24, 2.45) is 5.10 Å². The second-order valence-corrected chi connectivity index (χ2v) is 5.83. The Morgan fingerprint density at radius 2 is 1.80 bits per heavy atom. The summed E-state index contributed by atoms with van der Waals surface area (Å²) in [4.78, 5) is 23.6. The molecule has 0 aliphatic rings. The number of halogens is 2. The van der Waals surface area contributed by atoms with Crippen LogP contribution < -0.4 is 10.7 Å². The number of hydrogen-bond acceptors (Lipinski definition) is 4. The third kappa shape index (κ3) is 6.10. The largest absolute Gasteiger partial charge is 0.508 e. The Morgan fingerprint density at radius 3 is 2.48 bits per heavy atom. The number of carbonyl (C=O) groups excluding carboxylic acids is 2. The molecular weight excluding hydrogens is 365 g/mol. The van der Waals surface area contributed by atoms with Gasteiger partial charge < -0.3 is 10.4 Å². The topological polar surface area (TPSA) is 90.8 Å². The first-order valence-corrected chi connectivity index (χ1v) is 8.05. The lowest BCUT2D eigenvalue weighted by atomic mass is 10.2. The van der Waals surface area contributed by atoms with Gasteiger partial charge in [0, 0.05) is 18.5 Å². The maximum absolute atomic E-state index is 11.9. The van der Waals surface area contributed by atoms with E-state index in [0.717, 1.165) is 5.56 Å². The first-order valence-electron chi connectivity index (χ1n) is 7.30. The second-order valence-electron chi connectivity index (χ2n) is 5.02. The molecule has 0 atom stereocenters. The Bertz CT molecular complexity index is 792. The standard InChI is InChI=1S/C17H15Cl2N3O3/c18-14-6-3-12(9-15(14)19)17(25)20-8-7-16(24)22-21-10-11-1-4-13(23)5-2-11/h1-6,9-10,23H,7-8H2,(H,20,25)(H,22,24)/b21-10+. The minimum Gasteiger partial charge on any atom is -0.508 e. The van der Waals surface area contributed by atoms with Gasteiger partial charge in [-0.15, -0.1) is 0 Å². The molecule has 0 heterocycles. The number of carbonyl (C=O) groups is 2. The molecule has 2 aromatic carbocycles. The molecule has 0 bridgehead atoms. The van der Waals surface area contributed by atoms with Gasteiger partial charge in [0.2, 0.25) is 5.91 Å². The van der Waals surface area contributed by atoms with Gasteiger partial charge in [0.05, 0.1) is 16.3 Å². The van der Waals surface area contributed by atoms with Crippen LogP contribution in [0.4, 0.5) is 0 Å². The molecule has 0 unspecified atom stereocenters. The first kappa shape index (κ1) is 18.8. The van der Waals surface area contributed by atoms with Crippen molar-refractivity contribution in [3.8, 4) is 5.75 Å². The van der Waals surface area contributed by atoms with Gasteiger partial charge in [0.15, 0.2) is 0 Å². The van der Waals surface area contributed by atoms with E-state index in [4.69, 9.17) is 28.3 Å². The van der Waals surface area contributed by atoms with Crippen LogP contribution in [-0.2, 0) is 4.79 Å². The molecule has 0 spiro atoms. The Kier molecular flexibility index (Phi) is 6.80. The molecule has 0 saturated carbocycles. The number of nitrogens with one attached hydrogen (secondary N) is 2. The van der Waals surface area contributed by atoms with Crippen LogP contribution in [0.25, 0.3) is 0 Å². The summed E-state index contributed by atoms with van der Waals surface area (Å²) in [5.41, 5.74) is 3.44. The fourth-order valence-electron chi connectivity index (χ4n) is 1.82. The number of benzene rings is 2. The molecule has 3 N–H and O–H groups in total. The predicted octanol–water partition coefficient (Wildman–Crippen LogP) is 2.97. The quantitative estimate of drug-likeness (QED) is 0.532. The van der Waals surface area contributed by atoms with Gasteiger partial charge in [0.1, 0.15) is 5.75 Å². The van der Waals surface area contributed by atoms with Crippen LogP contribution in [0.5, 0.6) is 5.75 Å². The van der Waals surface area contributed by atoms with E-state index < -0.39 is 0 Å². The molecule has 2 rings (SSSR count). The molecule has 2 aromatic rings. The molecule has 0 fully saturated rings. The molecule has 0 saturated heterocycles. The van der Waals surface area contributed by atoms with Crippen molar-refractivity contribution in [1.29, 1.82) is 0 Å². The van der Waals surface area contributed by atoms with E-state index in [9.17, 15) is 9.59 Å². The van der Waals surface area contributed by atoms with E-state index in [2.05, 4.69) is 15.8 Å². The molecule has 8 heteroatoms. The third-order valence-corrected chi connectivity index (χ3v) is 3.85. The van der Waals surface area contributed by atoms with Crippen LogP contribution in [0.15, 0.2) is 47.6 Å². The molecule has 2 amide bonds. The number of nitrogens with zero attached hydrogens (tertiary/aromatic N) is 1. The van der Waals surface area contributed by atoms with Gasteiger partial charge in [0.25, 0.3) is 5.91 Å². The van der Waals surface area contributed by atoms with Crippen molar-refractivity contribution in [2.75, 3.05) is 6.54 Å². The average molecular weight is 380 g/mol. The lowest BCUT2D eigenvalue weighted by Gasteiger charge is -2.05. The van der Waals surface area contributed by atoms with Crippen molar-refractivity contribution in [3.63, 3.8) is 0 Å². The highest BCUT2D eigenvalue weighted by Gasteiger charge is 2.08. The van der Waals surface area contributed by atoms with Crippen LogP contribution in [-0.4, -0.2) is 29.7 Å². The van der Waals surface area contributed by atoms with Crippen LogP contribution in [0.2, 0.25) is 10.0 Å². The van der Waals surface area contributed by atoms with Crippen molar-refractivity contribution in [3.05, 3.63) is 63.6 Å². The highest BCUT2D eigenvalue weighted by Crippen LogP contribution is 2.22. The fraction of sp³-hybridized carbons (Fsp3) is 0.118. The molecule has 25 heavy (non-hydrogen) atoms. The summed E-state index contributed by atoms with van der Waals surface area (Å²) in [6.07, 6.45) is 1.52. The van der Waals surface area contributed by atoms with E-state index >= 15 is 0 Å². The minimum absolute atomic E-state index is 0.0694. The van der Waals surface area contributed by atoms with Crippen LogP contribution in [0.3, 0.4) is 0 Å². The monoisotopic (exact) mass is 379 g/mol. The molecule has 0 aromatic heterocycles. The summed E-state index contributed by atoms with van der Waals surface area (Å²) in [6, 6.07) is 10.9. The summed E-state index contributed by atoms with van der Waals surface area (Å²) in [5, 5.41) is 16.2. The summed E-state index contributed by atoms with van der Waals surface area (Å²) in [7, 11) is 0. The zero-order valence-electron chi connectivity index (χ0n) is 13.0. The van der Waals surface area contributed by atoms with Crippen molar-refractivity contribution >= 4 is 41.2 Å². The molecule has 130 valence electrons. The Labute approximate surface area is 154 Å². The van der Waals surface area contributed by atoms with E-state index in [1.54, 1.807) is 18.2 Å². The predicted molar refractivity (Wildman–Crippen MR) is 97.3 cm³/mol. The molecule has 0 aliphatic heterocycles. The van der Waals surface area contributed by atoms with Gasteiger partial charge in [-0.3, -0.25) is 9.59 Å². The van der Waals surface area contributed by atoms with Crippen LogP contribution >= 0.6 is 23.2 Å². The van der Waals surface area contributed by atoms with E-state index in [-0.39, 0.29) is 35.6 Å². The normalized spacial score (nSPS) is 10.6. The molecule has 6 nitrogen and oxygen atoms in total. The molecular formula is C17H15Cl2N3O3. The molecule has 0 radical (unpaired) electrons. The lowest BCUT2D eigenvalue weighted by Crippen LogP contribution is -2.29.